The van der Waals surface area contributed by atoms with Gasteiger partial charge >= 0.3 is 0 Å². The lowest BCUT2D eigenvalue weighted by Gasteiger charge is -2.15. The second-order valence-electron chi connectivity index (χ2n) is 4.31. The Kier molecular flexibility index (Phi) is 4.35. The minimum atomic E-state index is -0.331. The van der Waals surface area contributed by atoms with Crippen LogP contribution in [0.5, 0.6) is 5.75 Å². The normalized spacial score (nSPS) is 12.5. The van der Waals surface area contributed by atoms with Crippen LogP contribution in [-0.2, 0) is 4.79 Å². The number of ether oxygens (including phenoxy) is 1. The van der Waals surface area contributed by atoms with Crippen molar-refractivity contribution in [2.24, 2.45) is 11.7 Å². The van der Waals surface area contributed by atoms with E-state index in [-0.39, 0.29) is 11.8 Å². The zero-order chi connectivity index (χ0) is 12.1. The van der Waals surface area contributed by atoms with Gasteiger partial charge in [-0.3, -0.25) is 4.79 Å². The summed E-state index contributed by atoms with van der Waals surface area (Å²) in [4.78, 5) is 10.9. The number of benzene rings is 1. The Bertz CT molecular complexity index is 361. The number of hydrogen-bond acceptors (Lipinski definition) is 2. The molecule has 88 valence electrons. The molecular formula is C13H19NO2. The summed E-state index contributed by atoms with van der Waals surface area (Å²) in [5, 5.41) is 0. The second-order valence-corrected chi connectivity index (χ2v) is 4.31. The first-order valence-electron chi connectivity index (χ1n) is 5.53. The molecule has 16 heavy (non-hydrogen) atoms. The van der Waals surface area contributed by atoms with Crippen LogP contribution in [0.4, 0.5) is 0 Å². The number of rotatable bonds is 5. The van der Waals surface area contributed by atoms with Crippen LogP contribution in [0.25, 0.3) is 0 Å². The van der Waals surface area contributed by atoms with Gasteiger partial charge < -0.3 is 10.5 Å². The molecule has 0 saturated carbocycles. The van der Waals surface area contributed by atoms with E-state index < -0.39 is 0 Å². The first kappa shape index (κ1) is 12.6. The number of primary amides is 1. The average Bonchev–Trinajstić information content (AvgIpc) is 2.25. The zero-order valence-corrected chi connectivity index (χ0v) is 10.1. The highest BCUT2D eigenvalue weighted by Crippen LogP contribution is 2.26. The number of carbonyl (C=O) groups is 1. The van der Waals surface area contributed by atoms with E-state index in [1.165, 1.54) is 0 Å². The van der Waals surface area contributed by atoms with Crippen molar-refractivity contribution in [3.63, 3.8) is 0 Å². The van der Waals surface area contributed by atoms with Crippen molar-refractivity contribution in [3.05, 3.63) is 29.8 Å². The predicted octanol–water partition coefficient (Wildman–Crippen LogP) is 2.31. The summed E-state index contributed by atoms with van der Waals surface area (Å²) in [6.07, 6.45) is 0. The summed E-state index contributed by atoms with van der Waals surface area (Å²) in [6, 6.07) is 7.87. The van der Waals surface area contributed by atoms with Crippen LogP contribution in [0, 0.1) is 5.92 Å². The third-order valence-corrected chi connectivity index (χ3v) is 2.52. The minimum absolute atomic E-state index is 0.264. The monoisotopic (exact) mass is 221 g/mol. The van der Waals surface area contributed by atoms with Gasteiger partial charge in [-0.1, -0.05) is 39.0 Å². The molecule has 2 N–H and O–H groups in total. The molecule has 0 heterocycles. The average molecular weight is 221 g/mol. The van der Waals surface area contributed by atoms with Crippen molar-refractivity contribution >= 4 is 5.91 Å². The molecule has 3 nitrogen and oxygen atoms in total. The van der Waals surface area contributed by atoms with Gasteiger partial charge in [0.05, 0.1) is 12.5 Å². The molecule has 0 fully saturated rings. The summed E-state index contributed by atoms with van der Waals surface area (Å²) in [6.45, 7) is 6.32. The fourth-order valence-corrected chi connectivity index (χ4v) is 1.39. The molecule has 0 radical (unpaired) electrons. The minimum Gasteiger partial charge on any atom is -0.492 e. The smallest absolute Gasteiger partial charge is 0.223 e. The molecule has 0 bridgehead atoms. The third-order valence-electron chi connectivity index (χ3n) is 2.52. The molecule has 0 saturated heterocycles. The van der Waals surface area contributed by atoms with E-state index in [2.05, 4.69) is 13.8 Å². The Hall–Kier alpha value is -1.51. The van der Waals surface area contributed by atoms with Crippen LogP contribution in [-0.4, -0.2) is 12.5 Å². The number of carbonyl (C=O) groups excluding carboxylic acids is 1. The van der Waals surface area contributed by atoms with Gasteiger partial charge in [0.2, 0.25) is 5.91 Å². The SMILES string of the molecule is CC(COc1ccccc1C(C)C)C(N)=O. The largest absolute Gasteiger partial charge is 0.492 e. The topological polar surface area (TPSA) is 52.3 Å². The Morgan fingerprint density at radius 3 is 2.50 bits per heavy atom. The standard InChI is InChI=1S/C13H19NO2/c1-9(2)11-6-4-5-7-12(11)16-8-10(3)13(14)15/h4-7,9-10H,8H2,1-3H3,(H2,14,15). The number of nitrogens with two attached hydrogens (primary N) is 1. The molecule has 3 heteroatoms. The fraction of sp³-hybridized carbons (Fsp3) is 0.462. The molecule has 1 amide bonds. The van der Waals surface area contributed by atoms with E-state index in [1.54, 1.807) is 6.92 Å². The third kappa shape index (κ3) is 3.26. The van der Waals surface area contributed by atoms with Crippen molar-refractivity contribution < 1.29 is 9.53 Å². The van der Waals surface area contributed by atoms with Gasteiger partial charge in [-0.15, -0.1) is 0 Å². The zero-order valence-electron chi connectivity index (χ0n) is 10.1. The van der Waals surface area contributed by atoms with Gasteiger partial charge in [-0.2, -0.15) is 0 Å². The molecule has 0 aliphatic heterocycles. The molecule has 0 spiro atoms. The van der Waals surface area contributed by atoms with Gasteiger partial charge in [0.15, 0.2) is 0 Å². The summed E-state index contributed by atoms with van der Waals surface area (Å²) >= 11 is 0. The highest BCUT2D eigenvalue weighted by molar-refractivity contribution is 5.76. The molecular weight excluding hydrogens is 202 g/mol. The van der Waals surface area contributed by atoms with Gasteiger partial charge in [0.1, 0.15) is 5.75 Å². The van der Waals surface area contributed by atoms with Crippen LogP contribution in [0.15, 0.2) is 24.3 Å². The maximum Gasteiger partial charge on any atom is 0.223 e. The first-order chi connectivity index (χ1) is 7.52. The Balaban J connectivity index is 2.70. The number of amides is 1. The first-order valence-corrected chi connectivity index (χ1v) is 5.53. The van der Waals surface area contributed by atoms with Crippen molar-refractivity contribution in [2.75, 3.05) is 6.61 Å². The van der Waals surface area contributed by atoms with E-state index in [0.717, 1.165) is 11.3 Å². The fourth-order valence-electron chi connectivity index (χ4n) is 1.39. The lowest BCUT2D eigenvalue weighted by molar-refractivity contribution is -0.122. The Labute approximate surface area is 96.6 Å². The van der Waals surface area contributed by atoms with Gasteiger partial charge in [-0.25, -0.2) is 0 Å². The lowest BCUT2D eigenvalue weighted by Crippen LogP contribution is -2.26. The van der Waals surface area contributed by atoms with E-state index in [0.29, 0.717) is 12.5 Å². The van der Waals surface area contributed by atoms with Crippen LogP contribution in [0.2, 0.25) is 0 Å². The molecule has 0 aliphatic rings. The van der Waals surface area contributed by atoms with E-state index in [9.17, 15) is 4.79 Å². The maximum atomic E-state index is 10.9. The highest BCUT2D eigenvalue weighted by atomic mass is 16.5. The Morgan fingerprint density at radius 1 is 1.31 bits per heavy atom. The van der Waals surface area contributed by atoms with E-state index >= 15 is 0 Å². The van der Waals surface area contributed by atoms with Crippen LogP contribution < -0.4 is 10.5 Å². The molecule has 1 rings (SSSR count). The predicted molar refractivity (Wildman–Crippen MR) is 64.4 cm³/mol. The molecule has 1 aromatic rings. The van der Waals surface area contributed by atoms with Crippen molar-refractivity contribution in [2.45, 2.75) is 26.7 Å². The summed E-state index contributed by atoms with van der Waals surface area (Å²) < 4.78 is 5.62. The van der Waals surface area contributed by atoms with Crippen LogP contribution in [0.1, 0.15) is 32.3 Å². The summed E-state index contributed by atoms with van der Waals surface area (Å²) in [7, 11) is 0. The van der Waals surface area contributed by atoms with Crippen molar-refractivity contribution in [3.8, 4) is 5.75 Å². The van der Waals surface area contributed by atoms with Crippen molar-refractivity contribution in [1.82, 2.24) is 0 Å². The molecule has 1 atom stereocenters. The van der Waals surface area contributed by atoms with E-state index in [1.807, 2.05) is 24.3 Å². The molecule has 0 aromatic heterocycles. The molecule has 0 aliphatic carbocycles. The van der Waals surface area contributed by atoms with Gasteiger partial charge in [0.25, 0.3) is 0 Å². The highest BCUT2D eigenvalue weighted by Gasteiger charge is 2.12. The van der Waals surface area contributed by atoms with Crippen LogP contribution >= 0.6 is 0 Å². The number of para-hydroxylation sites is 1. The lowest BCUT2D eigenvalue weighted by atomic mass is 10.0. The van der Waals surface area contributed by atoms with E-state index in [4.69, 9.17) is 10.5 Å². The summed E-state index contributed by atoms with van der Waals surface area (Å²) in [5.74, 6) is 0.646. The molecule has 1 unspecified atom stereocenters. The van der Waals surface area contributed by atoms with Gasteiger partial charge in [-0.05, 0) is 17.5 Å². The quantitative estimate of drug-likeness (QED) is 0.829. The van der Waals surface area contributed by atoms with Gasteiger partial charge in [0, 0.05) is 0 Å². The Morgan fingerprint density at radius 2 is 1.94 bits per heavy atom. The van der Waals surface area contributed by atoms with Crippen LogP contribution in [0.3, 0.4) is 0 Å². The maximum absolute atomic E-state index is 10.9. The van der Waals surface area contributed by atoms with Crippen molar-refractivity contribution in [1.29, 1.82) is 0 Å². The second kappa shape index (κ2) is 5.54. The number of hydrogen-bond donors (Lipinski definition) is 1. The summed E-state index contributed by atoms with van der Waals surface area (Å²) in [5.41, 5.74) is 6.33. The molecule has 1 aromatic carbocycles.